The summed E-state index contributed by atoms with van der Waals surface area (Å²) < 4.78 is 27.8. The highest BCUT2D eigenvalue weighted by molar-refractivity contribution is 6.20. The maximum atomic E-state index is 14.7. The van der Waals surface area contributed by atoms with Crippen LogP contribution < -0.4 is 57.7 Å². The van der Waals surface area contributed by atoms with Crippen LogP contribution in [0.2, 0.25) is 0 Å². The molecule has 4 aromatic carbocycles. The molecule has 0 fully saturated rings. The summed E-state index contributed by atoms with van der Waals surface area (Å²) in [6, 6.07) is 19.3. The summed E-state index contributed by atoms with van der Waals surface area (Å²) in [4.78, 5) is 155. The monoisotopic (exact) mass is 1390 g/mol. The number of amides is 13. The normalized spacial score (nSPS) is 13.7. The number of anilines is 3. The lowest BCUT2D eigenvalue weighted by Gasteiger charge is -2.26. The first-order chi connectivity index (χ1) is 47.5. The van der Waals surface area contributed by atoms with Crippen LogP contribution in [0.1, 0.15) is 76.6 Å². The van der Waals surface area contributed by atoms with Gasteiger partial charge in [0.25, 0.3) is 23.6 Å². The Morgan fingerprint density at radius 1 is 0.788 bits per heavy atom. The van der Waals surface area contributed by atoms with Crippen LogP contribution in [0.15, 0.2) is 103 Å². The molecule has 0 saturated carbocycles. The summed E-state index contributed by atoms with van der Waals surface area (Å²) in [5, 5.41) is 26.6. The highest BCUT2D eigenvalue weighted by Crippen LogP contribution is 2.47. The maximum absolute atomic E-state index is 14.7. The number of halogens is 1. The number of aryl methyl sites for hydroxylation is 1. The number of aliphatic hydroxyl groups is 1. The van der Waals surface area contributed by atoms with Crippen molar-refractivity contribution < 1.29 is 81.5 Å². The third-order valence-corrected chi connectivity index (χ3v) is 16.3. The fourth-order valence-corrected chi connectivity index (χ4v) is 11.1. The first-order valence-electron chi connectivity index (χ1n) is 31.8. The number of hydrogen-bond donors (Lipinski definition) is 10. The van der Waals surface area contributed by atoms with Crippen LogP contribution in [0.25, 0.3) is 21.8 Å². The number of urea groups is 2. The van der Waals surface area contributed by atoms with Gasteiger partial charge in [0.1, 0.15) is 54.7 Å². The first kappa shape index (κ1) is 73.8. The first-order valence-corrected chi connectivity index (χ1v) is 32.3. The zero-order chi connectivity index (χ0) is 71.3. The summed E-state index contributed by atoms with van der Waals surface area (Å²) in [5.74, 6) is -3.12. The van der Waals surface area contributed by atoms with Gasteiger partial charge in [0.15, 0.2) is 0 Å². The Kier molecular flexibility index (Phi) is 26.3. The Labute approximate surface area is 573 Å². The maximum Gasteiger partial charge on any atom is 0.415 e. The van der Waals surface area contributed by atoms with E-state index in [4.69, 9.17) is 51.9 Å². The largest absolute Gasteiger partial charge is 0.491 e. The lowest BCUT2D eigenvalue weighted by molar-refractivity contribution is -0.137. The predicted octanol–water partition coefficient (Wildman–Crippen LogP) is 5.32. The summed E-state index contributed by atoms with van der Waals surface area (Å²) in [6.07, 6.45) is 1.76. The Morgan fingerprint density at radius 3 is 2.19 bits per heavy atom. The zero-order valence-corrected chi connectivity index (χ0v) is 55.6. The van der Waals surface area contributed by atoms with Crippen molar-refractivity contribution in [3.63, 3.8) is 0 Å². The number of aromatic amines is 1. The van der Waals surface area contributed by atoms with Crippen LogP contribution in [0.4, 0.5) is 41.0 Å². The van der Waals surface area contributed by atoms with Crippen LogP contribution in [0.5, 0.6) is 11.5 Å². The average molecular weight is 1390 g/mol. The van der Waals surface area contributed by atoms with Crippen molar-refractivity contribution in [2.24, 2.45) is 17.4 Å². The molecule has 12 N–H and O–H groups in total. The molecule has 2 aliphatic rings. The number of primary amides is 2. The molecule has 4 heterocycles. The van der Waals surface area contributed by atoms with Crippen molar-refractivity contribution in [1.29, 1.82) is 0 Å². The molecule has 13 amide bonds. The minimum absolute atomic E-state index is 0.00452. The molecule has 31 nitrogen and oxygen atoms in total. The molecule has 0 spiro atoms. The van der Waals surface area contributed by atoms with Crippen LogP contribution in [0, 0.1) is 12.8 Å². The van der Waals surface area contributed by atoms with Gasteiger partial charge >= 0.3 is 30.3 Å². The van der Waals surface area contributed by atoms with Crippen molar-refractivity contribution in [1.82, 2.24) is 45.9 Å². The van der Waals surface area contributed by atoms with Crippen LogP contribution in [-0.2, 0) is 40.0 Å². The number of alkyl carbamates (subject to hydrolysis) is 1. The Morgan fingerprint density at radius 2 is 1.51 bits per heavy atom. The van der Waals surface area contributed by atoms with Gasteiger partial charge in [-0.05, 0) is 103 Å². The van der Waals surface area contributed by atoms with Gasteiger partial charge in [-0.1, -0.05) is 44.2 Å². The van der Waals surface area contributed by atoms with Gasteiger partial charge in [-0.25, -0.2) is 29.0 Å². The van der Waals surface area contributed by atoms with Crippen molar-refractivity contribution in [2.75, 3.05) is 107 Å². The molecule has 32 heteroatoms. The number of H-pyrrole nitrogens is 1. The molecule has 0 unspecified atom stereocenters. The van der Waals surface area contributed by atoms with Gasteiger partial charge in [-0.3, -0.25) is 33.7 Å². The van der Waals surface area contributed by atoms with E-state index < -0.39 is 83.8 Å². The van der Waals surface area contributed by atoms with E-state index in [0.717, 1.165) is 33.6 Å². The number of nitrogens with zero attached hydrogens (tertiary/aromatic N) is 5. The van der Waals surface area contributed by atoms with Crippen molar-refractivity contribution in [3.05, 3.63) is 131 Å². The van der Waals surface area contributed by atoms with E-state index in [1.807, 2.05) is 19.1 Å². The zero-order valence-electron chi connectivity index (χ0n) is 54.9. The predicted molar refractivity (Wildman–Crippen MR) is 363 cm³/mol. The minimum Gasteiger partial charge on any atom is -0.491 e. The molecule has 99 heavy (non-hydrogen) atoms. The van der Waals surface area contributed by atoms with E-state index in [0.29, 0.717) is 50.4 Å². The lowest BCUT2D eigenvalue weighted by Crippen LogP contribution is -2.54. The molecule has 526 valence electrons. The van der Waals surface area contributed by atoms with E-state index >= 15 is 0 Å². The van der Waals surface area contributed by atoms with Crippen molar-refractivity contribution in [3.8, 4) is 11.5 Å². The number of rotatable bonds is 33. The number of alkyl halides is 1. The van der Waals surface area contributed by atoms with Crippen LogP contribution >= 0.6 is 11.6 Å². The highest BCUT2D eigenvalue weighted by atomic mass is 35.5. The number of nitrogens with two attached hydrogens (primary N) is 2. The molecule has 8 rings (SSSR count). The molecular weight excluding hydrogens is 1310 g/mol. The third kappa shape index (κ3) is 20.3. The molecule has 2 aliphatic heterocycles. The summed E-state index contributed by atoms with van der Waals surface area (Å²) in [6.45, 7) is 5.03. The molecule has 0 radical (unpaired) electrons. The van der Waals surface area contributed by atoms with Gasteiger partial charge in [-0.2, -0.15) is 0 Å². The molecule has 0 saturated heterocycles. The average Bonchev–Trinajstić information content (AvgIpc) is 1.64. The Bertz CT molecular complexity index is 3960. The Balaban J connectivity index is 0.876. The van der Waals surface area contributed by atoms with Crippen LogP contribution in [-0.4, -0.2) is 199 Å². The minimum atomic E-state index is -1.17. The fourth-order valence-electron chi connectivity index (χ4n) is 10.8. The number of aliphatic hydroxyl groups excluding tert-OH is 1. The van der Waals surface area contributed by atoms with Gasteiger partial charge in [0.2, 0.25) is 11.8 Å². The molecule has 2 aromatic heterocycles. The van der Waals surface area contributed by atoms with E-state index in [-0.39, 0.29) is 128 Å². The second kappa shape index (κ2) is 35.3. The lowest BCUT2D eigenvalue weighted by atomic mass is 9.92. The number of benzene rings is 4. The topological polar surface area (TPSA) is 420 Å². The SMILES string of the molecule is Cc1cccc2c(OC(=O)N(CCCNC(N)=O)CCN(C)C(=O)OCc3ccc(NC(=O)[C@H](CCCNC(N)=O)NC(=O)[C@@H](NC(=O)OCCOCCN4C(=O)C=CC4=O)C(C)C)cc3)cc3c(c12)[C@H](CCl)CN3C(=O)c1cc2cc(NC(=O)c3ccc(OCCO)cc3)cnc2[nH]1. The smallest absolute Gasteiger partial charge is 0.415 e. The summed E-state index contributed by atoms with van der Waals surface area (Å²) >= 11 is 6.67. The number of carbonyl (C=O) groups excluding carboxylic acids is 11. The second-order valence-electron chi connectivity index (χ2n) is 23.4. The molecular formula is C67H79ClN14O17. The van der Waals surface area contributed by atoms with Crippen molar-refractivity contribution >= 4 is 116 Å². The van der Waals surface area contributed by atoms with E-state index in [2.05, 4.69) is 41.9 Å². The number of likely N-dealkylation sites (N-methyl/N-ethyl adjacent to an activating group) is 1. The number of hydrogen-bond acceptors (Lipinski definition) is 18. The third-order valence-electron chi connectivity index (χ3n) is 15.9. The number of ether oxygens (including phenoxy) is 5. The Hall–Kier alpha value is -11.1. The number of nitrogens with one attached hydrogen (secondary N) is 7. The van der Waals surface area contributed by atoms with Gasteiger partial charge in [0, 0.05) is 98.4 Å². The summed E-state index contributed by atoms with van der Waals surface area (Å²) in [5.41, 5.74) is 14.8. The second-order valence-corrected chi connectivity index (χ2v) is 23.7. The number of aromatic nitrogens is 2. The number of carbonyl (C=O) groups is 11. The summed E-state index contributed by atoms with van der Waals surface area (Å²) in [7, 11) is 1.48. The molecule has 0 bridgehead atoms. The molecule has 6 aromatic rings. The van der Waals surface area contributed by atoms with Gasteiger partial charge < -0.3 is 91.8 Å². The van der Waals surface area contributed by atoms with E-state index in [1.54, 1.807) is 91.5 Å². The van der Waals surface area contributed by atoms with Gasteiger partial charge in [-0.15, -0.1) is 11.6 Å². The quantitative estimate of drug-likeness (QED) is 0.0141. The number of fused-ring (bicyclic) bond motifs is 4. The fraction of sp³-hybridized carbons (Fsp3) is 0.373. The van der Waals surface area contributed by atoms with Gasteiger partial charge in [0.05, 0.1) is 43.9 Å². The highest BCUT2D eigenvalue weighted by Gasteiger charge is 2.37. The molecule has 0 aliphatic carbocycles. The standard InChI is InChI=1S/C67H79ClN14O17/c1-39(2)57(78-65(92)97-31-30-95-28-26-81-53(84)19-20-54(81)85)61(88)77-49(10-6-21-71-63(69)90)60(87)74-45-15-11-41(12-16-45)38-98-66(93)79(4)24-25-80(23-7-22-72-64(70)91)67(94)99-52-34-51-56(55-40(3)8-5-9-48(52)55)44(35-68)37-82(51)62(89)50-33-43-32-46(36-73-58(43)76-50)75-59(86)42-13-17-47(18-14-42)96-29-27-83/h5,8-9,11-20,32-34,36,39,44,49,57,83H,6-7,10,21-31,35,37-38H2,1-4H3,(H,73,76)(H,74,87)(H,75,86)(H,77,88)(H,78,92)(H3,69,71,90)(H3,70,72,91)/t44-,49+,57+/m1/s1. The van der Waals surface area contributed by atoms with Crippen LogP contribution in [0.3, 0.4) is 0 Å². The molecule has 3 atom stereocenters. The van der Waals surface area contributed by atoms with Crippen molar-refractivity contribution in [2.45, 2.75) is 64.6 Å². The number of pyridine rings is 1. The number of imide groups is 1. The van der Waals surface area contributed by atoms with E-state index in [9.17, 15) is 52.7 Å². The van der Waals surface area contributed by atoms with E-state index in [1.165, 1.54) is 23.0 Å².